The van der Waals surface area contributed by atoms with E-state index in [1.807, 2.05) is 48.5 Å². The summed E-state index contributed by atoms with van der Waals surface area (Å²) >= 11 is 0. The highest BCUT2D eigenvalue weighted by molar-refractivity contribution is 5.86. The number of aliphatic hydroxyl groups is 2. The summed E-state index contributed by atoms with van der Waals surface area (Å²) in [6.07, 6.45) is 0.571. The van der Waals surface area contributed by atoms with E-state index in [2.05, 4.69) is 30.0 Å². The Morgan fingerprint density at radius 2 is 1.21 bits per heavy atom. The van der Waals surface area contributed by atoms with Crippen LogP contribution in [0.15, 0.2) is 60.9 Å². The molecule has 2 aliphatic heterocycles. The van der Waals surface area contributed by atoms with Gasteiger partial charge in [0.05, 0.1) is 55.2 Å². The van der Waals surface area contributed by atoms with E-state index < -0.39 is 54.5 Å². The van der Waals surface area contributed by atoms with Crippen LogP contribution in [0.25, 0.3) is 33.6 Å². The molecule has 0 aliphatic carbocycles. The van der Waals surface area contributed by atoms with Gasteiger partial charge in [0.25, 0.3) is 0 Å². The van der Waals surface area contributed by atoms with E-state index in [0.29, 0.717) is 18.1 Å². The number of benzene rings is 2. The van der Waals surface area contributed by atoms with E-state index in [1.165, 1.54) is 30.9 Å². The molecule has 4 aromatic rings. The number of β-amino-alcohol motifs (C(OH)–C–C–N with tert-alkyl or cyclic N) is 2. The summed E-state index contributed by atoms with van der Waals surface area (Å²) in [5.41, 5.74) is 5.21. The number of aromatic amines is 2. The molecule has 2 aliphatic rings. The van der Waals surface area contributed by atoms with Gasteiger partial charge in [0.15, 0.2) is 0 Å². The summed E-state index contributed by atoms with van der Waals surface area (Å²) in [4.78, 5) is 68.8. The molecule has 2 saturated heterocycles. The van der Waals surface area contributed by atoms with Crippen molar-refractivity contribution >= 4 is 24.0 Å². The number of hydrogen-bond acceptors (Lipinski definition) is 9. The van der Waals surface area contributed by atoms with Crippen molar-refractivity contribution in [2.45, 2.75) is 63.1 Å². The van der Waals surface area contributed by atoms with Crippen LogP contribution < -0.4 is 5.32 Å². The normalized spacial score (nSPS) is 21.1. The number of alkyl carbamates (subject to hydrolysis) is 1. The number of carbonyl (C=O) groups is 4. The van der Waals surface area contributed by atoms with E-state index in [1.54, 1.807) is 19.3 Å². The Bertz CT molecular complexity index is 1930. The molecular weight excluding hydrogens is 672 g/mol. The Morgan fingerprint density at radius 1 is 0.788 bits per heavy atom. The Kier molecular flexibility index (Phi) is 10.3. The topological polar surface area (TPSA) is 217 Å². The lowest BCUT2D eigenvalue weighted by Crippen LogP contribution is -2.47. The number of hydrogen-bond donors (Lipinski definition) is 6. The van der Waals surface area contributed by atoms with Crippen LogP contribution in [0, 0.1) is 0 Å². The van der Waals surface area contributed by atoms with Crippen LogP contribution >= 0.6 is 0 Å². The third-order valence-electron chi connectivity index (χ3n) is 9.80. The lowest BCUT2D eigenvalue weighted by atomic mass is 10.0. The molecule has 16 nitrogen and oxygen atoms in total. The number of methoxy groups -OCH3 is 1. The van der Waals surface area contributed by atoms with Gasteiger partial charge in [0.1, 0.15) is 23.7 Å². The van der Waals surface area contributed by atoms with E-state index in [4.69, 9.17) is 0 Å². The molecule has 6 N–H and O–H groups in total. The molecule has 0 spiro atoms. The fourth-order valence-corrected chi connectivity index (χ4v) is 6.74. The number of ether oxygens (including phenoxy) is 1. The Morgan fingerprint density at radius 3 is 1.63 bits per heavy atom. The molecular formula is C36H42N8O8. The largest absolute Gasteiger partial charge is 0.465 e. The van der Waals surface area contributed by atoms with Gasteiger partial charge in [0, 0.05) is 33.0 Å². The predicted octanol–water partition coefficient (Wildman–Crippen LogP) is 3.15. The summed E-state index contributed by atoms with van der Waals surface area (Å²) in [6, 6.07) is 13.1. The number of carboxylic acid groups (broad SMARTS) is 1. The fraction of sp³-hybridized carbons (Fsp3) is 0.389. The first-order chi connectivity index (χ1) is 24.8. The molecule has 4 heterocycles. The third-order valence-corrected chi connectivity index (χ3v) is 9.80. The van der Waals surface area contributed by atoms with Crippen LogP contribution in [0.2, 0.25) is 0 Å². The lowest BCUT2D eigenvalue weighted by molar-refractivity contribution is -0.137. The van der Waals surface area contributed by atoms with Crippen LogP contribution in [-0.4, -0.2) is 125 Å². The molecule has 0 saturated carbocycles. The molecule has 0 unspecified atom stereocenters. The highest BCUT2D eigenvalue weighted by Gasteiger charge is 2.41. The summed E-state index contributed by atoms with van der Waals surface area (Å²) in [5, 5.41) is 32.5. The standard InChI is InChI=1S/C36H42N8O8/c1-19(39-35(49)52-4)33(47)43-17-25(45)13-29(43)31-37-15-27(40-31)23-9-5-21(6-10-23)22-7-11-24(12-8-22)28-16-38-32(41-28)30-14-26(46)18-44(30)34(48)20(2)42(3)36(50)51/h5-12,15-16,19-20,25-26,29-30,45-46H,13-14,17-18H2,1-4H3,(H,37,40)(H,38,41)(H,39,49)(H,50,51)/t19-,20-,25+,26+,29-,30-/m0/s1. The van der Waals surface area contributed by atoms with Gasteiger partial charge < -0.3 is 45.1 Å². The van der Waals surface area contributed by atoms with Crippen LogP contribution in [0.5, 0.6) is 0 Å². The molecule has 0 radical (unpaired) electrons. The second-order valence-electron chi connectivity index (χ2n) is 13.2. The Hall–Kier alpha value is -5.74. The summed E-state index contributed by atoms with van der Waals surface area (Å²) in [5.74, 6) is 0.301. The quantitative estimate of drug-likeness (QED) is 0.149. The number of nitrogens with one attached hydrogen (secondary N) is 3. The maximum Gasteiger partial charge on any atom is 0.407 e. The highest BCUT2D eigenvalue weighted by Crippen LogP contribution is 2.35. The predicted molar refractivity (Wildman–Crippen MR) is 187 cm³/mol. The summed E-state index contributed by atoms with van der Waals surface area (Å²) in [7, 11) is 2.56. The molecule has 52 heavy (non-hydrogen) atoms. The molecule has 4 amide bonds. The average molecular weight is 715 g/mol. The zero-order valence-electron chi connectivity index (χ0n) is 29.2. The minimum absolute atomic E-state index is 0.0909. The average Bonchev–Trinajstić information content (AvgIpc) is 3.97. The maximum atomic E-state index is 13.2. The van der Waals surface area contributed by atoms with E-state index in [-0.39, 0.29) is 25.4 Å². The van der Waals surface area contributed by atoms with Crippen molar-refractivity contribution in [3.63, 3.8) is 0 Å². The molecule has 2 fully saturated rings. The van der Waals surface area contributed by atoms with Crippen molar-refractivity contribution < 1.29 is 39.2 Å². The second kappa shape index (κ2) is 14.9. The van der Waals surface area contributed by atoms with Gasteiger partial charge in [-0.05, 0) is 36.1 Å². The zero-order valence-corrected chi connectivity index (χ0v) is 29.2. The summed E-state index contributed by atoms with van der Waals surface area (Å²) in [6.45, 7) is 3.30. The van der Waals surface area contributed by atoms with Crippen molar-refractivity contribution in [1.82, 2.24) is 40.0 Å². The van der Waals surface area contributed by atoms with Gasteiger partial charge in [-0.2, -0.15) is 0 Å². The van der Waals surface area contributed by atoms with E-state index in [9.17, 15) is 34.5 Å². The molecule has 0 bridgehead atoms. The SMILES string of the molecule is COC(=O)N[C@@H](C)C(=O)N1C[C@H](O)C[C@H]1c1ncc(-c2ccc(-c3ccc(-c4cnc([C@@H]5C[C@@H](O)CN5C(=O)[C@H](C)N(C)C(=O)O)[nH]4)cc3)cc2)[nH]1. The van der Waals surface area contributed by atoms with Crippen LogP contribution in [-0.2, 0) is 14.3 Å². The van der Waals surface area contributed by atoms with Gasteiger partial charge in [-0.3, -0.25) is 14.5 Å². The Labute approximate surface area is 299 Å². The smallest absolute Gasteiger partial charge is 0.407 e. The van der Waals surface area contributed by atoms with Crippen LogP contribution in [0.1, 0.15) is 50.4 Å². The third kappa shape index (κ3) is 7.34. The second-order valence-corrected chi connectivity index (χ2v) is 13.2. The molecule has 2 aromatic heterocycles. The van der Waals surface area contributed by atoms with E-state index >= 15 is 0 Å². The van der Waals surface area contributed by atoms with Gasteiger partial charge in [-0.1, -0.05) is 48.5 Å². The minimum atomic E-state index is -1.21. The van der Waals surface area contributed by atoms with Crippen molar-refractivity contribution in [3.05, 3.63) is 72.6 Å². The fourth-order valence-electron chi connectivity index (χ4n) is 6.74. The summed E-state index contributed by atoms with van der Waals surface area (Å²) < 4.78 is 4.60. The first kappa shape index (κ1) is 36.1. The maximum absolute atomic E-state index is 13.2. The molecule has 274 valence electrons. The zero-order chi connectivity index (χ0) is 37.3. The van der Waals surface area contributed by atoms with Crippen molar-refractivity contribution in [3.8, 4) is 33.6 Å². The highest BCUT2D eigenvalue weighted by atomic mass is 16.5. The number of likely N-dealkylation sites (N-methyl/N-ethyl adjacent to an activating group) is 1. The number of likely N-dealkylation sites (tertiary alicyclic amines) is 2. The number of aromatic nitrogens is 4. The number of nitrogens with zero attached hydrogens (tertiary/aromatic N) is 5. The monoisotopic (exact) mass is 714 g/mol. The van der Waals surface area contributed by atoms with Gasteiger partial charge >= 0.3 is 12.2 Å². The van der Waals surface area contributed by atoms with Gasteiger partial charge in [-0.25, -0.2) is 19.6 Å². The number of imidazole rings is 2. The van der Waals surface area contributed by atoms with Gasteiger partial charge in [0.2, 0.25) is 11.8 Å². The molecule has 2 aromatic carbocycles. The number of H-pyrrole nitrogens is 2. The first-order valence-electron chi connectivity index (χ1n) is 16.9. The van der Waals surface area contributed by atoms with Crippen LogP contribution in [0.4, 0.5) is 9.59 Å². The molecule has 6 atom stereocenters. The number of rotatable bonds is 9. The van der Waals surface area contributed by atoms with Crippen molar-refractivity contribution in [2.75, 3.05) is 27.2 Å². The lowest BCUT2D eigenvalue weighted by Gasteiger charge is -2.29. The molecule has 16 heteroatoms. The minimum Gasteiger partial charge on any atom is -0.465 e. The molecule has 6 rings (SSSR count). The van der Waals surface area contributed by atoms with Crippen LogP contribution in [0.3, 0.4) is 0 Å². The van der Waals surface area contributed by atoms with Crippen molar-refractivity contribution in [2.24, 2.45) is 0 Å². The number of carbonyl (C=O) groups excluding carboxylic acids is 3. The number of amides is 4. The first-order valence-corrected chi connectivity index (χ1v) is 16.9. The number of aliphatic hydroxyl groups excluding tert-OH is 2. The Balaban J connectivity index is 1.12. The van der Waals surface area contributed by atoms with E-state index in [0.717, 1.165) is 38.5 Å². The van der Waals surface area contributed by atoms with Crippen molar-refractivity contribution in [1.29, 1.82) is 0 Å². The van der Waals surface area contributed by atoms with Gasteiger partial charge in [-0.15, -0.1) is 0 Å².